The molecule has 0 spiro atoms. The van der Waals surface area contributed by atoms with E-state index in [1.165, 1.54) is 4.68 Å². The minimum absolute atomic E-state index is 0.150. The molecule has 6 nitrogen and oxygen atoms in total. The van der Waals surface area contributed by atoms with Crippen LogP contribution in [0.3, 0.4) is 0 Å². The Kier molecular flexibility index (Phi) is 2.85. The fourth-order valence-electron chi connectivity index (χ4n) is 2.37. The van der Waals surface area contributed by atoms with Gasteiger partial charge in [-0.3, -0.25) is 4.57 Å². The Morgan fingerprint density at radius 3 is 2.60 bits per heavy atom. The number of fused-ring (bicyclic) bond motifs is 2. The molecule has 1 aromatic carbocycles. The first kappa shape index (κ1) is 12.5. The van der Waals surface area contributed by atoms with Crippen molar-refractivity contribution in [2.45, 2.75) is 6.42 Å². The number of benzene rings is 1. The second-order valence-electron chi connectivity index (χ2n) is 4.59. The highest BCUT2D eigenvalue weighted by molar-refractivity contribution is 5.68. The number of aromatic nitrogens is 3. The summed E-state index contributed by atoms with van der Waals surface area (Å²) < 4.78 is 13.5. The van der Waals surface area contributed by atoms with Crippen LogP contribution in [-0.4, -0.2) is 28.6 Å². The summed E-state index contributed by atoms with van der Waals surface area (Å²) in [5.74, 6) is 2.05. The molecule has 2 aromatic rings. The van der Waals surface area contributed by atoms with Crippen molar-refractivity contribution < 1.29 is 9.47 Å². The van der Waals surface area contributed by atoms with Crippen molar-refractivity contribution in [1.82, 2.24) is 14.3 Å². The number of methoxy groups -OCH3 is 2. The van der Waals surface area contributed by atoms with E-state index in [9.17, 15) is 4.79 Å². The van der Waals surface area contributed by atoms with E-state index in [4.69, 9.17) is 9.47 Å². The number of nitrogens with zero attached hydrogens (tertiary/aromatic N) is 3. The first-order valence-corrected chi connectivity index (χ1v) is 6.21. The number of hydrogen-bond acceptors (Lipinski definition) is 4. The van der Waals surface area contributed by atoms with Crippen molar-refractivity contribution in [2.24, 2.45) is 7.05 Å². The smallest absolute Gasteiger partial charge is 0.349 e. The summed E-state index contributed by atoms with van der Waals surface area (Å²) in [7, 11) is 4.85. The van der Waals surface area contributed by atoms with Crippen molar-refractivity contribution in [3.63, 3.8) is 0 Å². The molecule has 0 unspecified atom stereocenters. The zero-order valence-corrected chi connectivity index (χ0v) is 11.6. The fourth-order valence-corrected chi connectivity index (χ4v) is 2.37. The largest absolute Gasteiger partial charge is 0.493 e. The van der Waals surface area contributed by atoms with E-state index in [2.05, 4.69) is 5.10 Å². The Morgan fingerprint density at radius 2 is 1.90 bits per heavy atom. The summed E-state index contributed by atoms with van der Waals surface area (Å²) in [5, 5.41) is 4.25. The normalized spacial score (nSPS) is 12.6. The van der Waals surface area contributed by atoms with Crippen molar-refractivity contribution >= 4 is 12.3 Å². The van der Waals surface area contributed by atoms with E-state index in [1.807, 2.05) is 18.2 Å². The Balaban J connectivity index is 2.17. The predicted octanol–water partition coefficient (Wildman–Crippen LogP) is 1.13. The monoisotopic (exact) mass is 273 g/mol. The highest BCUT2D eigenvalue weighted by Crippen LogP contribution is 2.33. The molecule has 0 saturated heterocycles. The van der Waals surface area contributed by atoms with Gasteiger partial charge in [0.15, 0.2) is 11.5 Å². The van der Waals surface area contributed by atoms with Gasteiger partial charge in [-0.05, 0) is 29.3 Å². The fraction of sp³-hybridized carbons (Fsp3) is 0.286. The van der Waals surface area contributed by atoms with Gasteiger partial charge in [0.2, 0.25) is 0 Å². The van der Waals surface area contributed by atoms with Crippen LogP contribution < -0.4 is 15.2 Å². The topological polar surface area (TPSA) is 58.3 Å². The Labute approximate surface area is 115 Å². The van der Waals surface area contributed by atoms with Gasteiger partial charge in [-0.15, -0.1) is 0 Å². The highest BCUT2D eigenvalue weighted by atomic mass is 16.5. The van der Waals surface area contributed by atoms with Crippen LogP contribution in [0.5, 0.6) is 11.5 Å². The van der Waals surface area contributed by atoms with E-state index in [0.29, 0.717) is 23.7 Å². The van der Waals surface area contributed by atoms with Crippen LogP contribution in [0, 0.1) is 0 Å². The lowest BCUT2D eigenvalue weighted by molar-refractivity contribution is 0.354. The molecule has 20 heavy (non-hydrogen) atoms. The van der Waals surface area contributed by atoms with E-state index in [0.717, 1.165) is 11.1 Å². The molecule has 2 heterocycles. The molecular weight excluding hydrogens is 258 g/mol. The van der Waals surface area contributed by atoms with E-state index < -0.39 is 0 Å². The van der Waals surface area contributed by atoms with Gasteiger partial charge in [0.05, 0.1) is 14.2 Å². The van der Waals surface area contributed by atoms with Crippen LogP contribution in [0.25, 0.3) is 12.3 Å². The summed E-state index contributed by atoms with van der Waals surface area (Å²) in [6, 6.07) is 3.83. The summed E-state index contributed by atoms with van der Waals surface area (Å²) in [4.78, 5) is 11.9. The number of aryl methyl sites for hydroxylation is 1. The van der Waals surface area contributed by atoms with Crippen molar-refractivity contribution in [3.05, 3.63) is 39.6 Å². The lowest BCUT2D eigenvalue weighted by atomic mass is 10.0. The molecule has 0 amide bonds. The lowest BCUT2D eigenvalue weighted by Crippen LogP contribution is -2.19. The molecule has 0 saturated carbocycles. The van der Waals surface area contributed by atoms with E-state index >= 15 is 0 Å². The number of rotatable bonds is 2. The molecule has 3 rings (SSSR count). The van der Waals surface area contributed by atoms with Gasteiger partial charge in [0.1, 0.15) is 5.82 Å². The van der Waals surface area contributed by atoms with Crippen LogP contribution in [0.1, 0.15) is 17.0 Å². The van der Waals surface area contributed by atoms with Gasteiger partial charge >= 0.3 is 5.69 Å². The maximum Gasteiger partial charge on any atom is 0.349 e. The highest BCUT2D eigenvalue weighted by Gasteiger charge is 2.17. The van der Waals surface area contributed by atoms with Crippen LogP contribution in [0.15, 0.2) is 16.9 Å². The van der Waals surface area contributed by atoms with Crippen LogP contribution >= 0.6 is 0 Å². The van der Waals surface area contributed by atoms with Gasteiger partial charge in [-0.25, -0.2) is 9.48 Å². The maximum absolute atomic E-state index is 11.9. The minimum Gasteiger partial charge on any atom is -0.493 e. The van der Waals surface area contributed by atoms with Gasteiger partial charge in [-0.1, -0.05) is 0 Å². The Bertz CT molecular complexity index is 756. The second-order valence-corrected chi connectivity index (χ2v) is 4.59. The van der Waals surface area contributed by atoms with Gasteiger partial charge in [-0.2, -0.15) is 5.10 Å². The van der Waals surface area contributed by atoms with Gasteiger partial charge in [0, 0.05) is 19.7 Å². The first-order valence-electron chi connectivity index (χ1n) is 6.21. The zero-order chi connectivity index (χ0) is 14.3. The molecule has 6 heteroatoms. The van der Waals surface area contributed by atoms with Crippen molar-refractivity contribution in [1.29, 1.82) is 0 Å². The van der Waals surface area contributed by atoms with Gasteiger partial charge in [0.25, 0.3) is 0 Å². The molecule has 1 aromatic heterocycles. The minimum atomic E-state index is -0.150. The molecule has 0 bridgehead atoms. The first-order chi connectivity index (χ1) is 9.63. The van der Waals surface area contributed by atoms with Crippen molar-refractivity contribution in [2.75, 3.05) is 14.2 Å². The van der Waals surface area contributed by atoms with Crippen LogP contribution in [0.2, 0.25) is 0 Å². The summed E-state index contributed by atoms with van der Waals surface area (Å²) in [6.07, 6.45) is 4.19. The molecule has 1 aliphatic heterocycles. The predicted molar refractivity (Wildman–Crippen MR) is 75.0 cm³/mol. The summed E-state index contributed by atoms with van der Waals surface area (Å²) >= 11 is 0. The van der Waals surface area contributed by atoms with E-state index in [1.54, 1.807) is 32.0 Å². The molecular formula is C14H15N3O3. The third-order valence-electron chi connectivity index (χ3n) is 3.42. The van der Waals surface area contributed by atoms with Crippen molar-refractivity contribution in [3.8, 4) is 11.5 Å². The second kappa shape index (κ2) is 4.56. The summed E-state index contributed by atoms with van der Waals surface area (Å²) in [5.41, 5.74) is 1.89. The molecule has 0 radical (unpaired) electrons. The van der Waals surface area contributed by atoms with Gasteiger partial charge < -0.3 is 9.47 Å². The molecule has 1 aliphatic rings. The Morgan fingerprint density at radius 1 is 1.20 bits per heavy atom. The average Bonchev–Trinajstić information content (AvgIpc) is 2.63. The third kappa shape index (κ3) is 1.80. The average molecular weight is 273 g/mol. The SMILES string of the molecule is COc1cc2c(cc1OC)Cc1nn(C)c(=O)n1C=C2. The van der Waals surface area contributed by atoms with E-state index in [-0.39, 0.29) is 5.69 Å². The zero-order valence-electron chi connectivity index (χ0n) is 11.6. The van der Waals surface area contributed by atoms with Crippen LogP contribution in [0.4, 0.5) is 0 Å². The maximum atomic E-state index is 11.9. The molecule has 0 fully saturated rings. The standard InChI is InChI=1S/C14H15N3O3/c1-16-14(18)17-5-4-9-6-11(19-2)12(20-3)7-10(9)8-13(17)15-16/h4-7H,8H2,1-3H3. The number of hydrogen-bond donors (Lipinski definition) is 0. The quantitative estimate of drug-likeness (QED) is 0.702. The lowest BCUT2D eigenvalue weighted by Gasteiger charge is -2.11. The molecule has 0 atom stereocenters. The molecule has 0 aliphatic carbocycles. The molecule has 104 valence electrons. The molecule has 0 N–H and O–H groups in total. The third-order valence-corrected chi connectivity index (χ3v) is 3.42. The van der Waals surface area contributed by atoms with Crippen LogP contribution in [-0.2, 0) is 13.5 Å². The summed E-state index contributed by atoms with van der Waals surface area (Å²) in [6.45, 7) is 0. The Hall–Kier alpha value is -2.50. The number of ether oxygens (including phenoxy) is 2.